The van der Waals surface area contributed by atoms with E-state index in [2.05, 4.69) is 64.1 Å². The quantitative estimate of drug-likeness (QED) is 0.385. The number of benzene rings is 3. The average molecular weight is 478 g/mol. The molecule has 0 saturated heterocycles. The lowest BCUT2D eigenvalue weighted by Gasteiger charge is -2.30. The molecule has 34 heavy (non-hydrogen) atoms. The van der Waals surface area contributed by atoms with Crippen molar-refractivity contribution in [3.63, 3.8) is 0 Å². The lowest BCUT2D eigenvalue weighted by Crippen LogP contribution is -2.36. The molecule has 3 aromatic carbocycles. The van der Waals surface area contributed by atoms with E-state index in [-0.39, 0.29) is 0 Å². The maximum Gasteiger partial charge on any atom is 0.313 e. The number of methoxy groups -OCH3 is 1. The first-order valence-electron chi connectivity index (χ1n) is 11.4. The fraction of sp³-hybridized carbons (Fsp3) is 0.259. The smallest absolute Gasteiger partial charge is 0.313 e. The van der Waals surface area contributed by atoms with Crippen molar-refractivity contribution in [1.29, 1.82) is 0 Å². The fourth-order valence-electron chi connectivity index (χ4n) is 4.10. The largest absolute Gasteiger partial charge is 0.495 e. The minimum absolute atomic E-state index is 0.358. The number of carbonyl (C=O) groups is 2. The third-order valence-corrected chi connectivity index (χ3v) is 6.27. The van der Waals surface area contributed by atoms with Gasteiger partial charge >= 0.3 is 11.8 Å². The molecule has 6 nitrogen and oxygen atoms in total. The van der Waals surface area contributed by atoms with E-state index < -0.39 is 11.8 Å². The van der Waals surface area contributed by atoms with Gasteiger partial charge in [-0.05, 0) is 66.3 Å². The third kappa shape index (κ3) is 5.88. The zero-order valence-electron chi connectivity index (χ0n) is 19.1. The zero-order valence-corrected chi connectivity index (χ0v) is 19.9. The lowest BCUT2D eigenvalue weighted by atomic mass is 9.99. The minimum atomic E-state index is -0.728. The summed E-state index contributed by atoms with van der Waals surface area (Å²) < 4.78 is 5.08. The van der Waals surface area contributed by atoms with Crippen molar-refractivity contribution in [2.45, 2.75) is 25.8 Å². The molecule has 3 aromatic rings. The van der Waals surface area contributed by atoms with Crippen LogP contribution in [0.2, 0.25) is 5.02 Å². The van der Waals surface area contributed by atoms with Crippen LogP contribution in [0.3, 0.4) is 0 Å². The number of amides is 2. The molecule has 0 fully saturated rings. The van der Waals surface area contributed by atoms with Gasteiger partial charge in [-0.1, -0.05) is 48.0 Å². The summed E-state index contributed by atoms with van der Waals surface area (Å²) in [6.45, 7) is 2.37. The monoisotopic (exact) mass is 477 g/mol. The molecule has 0 bridgehead atoms. The molecular formula is C27H28ClN3O3. The van der Waals surface area contributed by atoms with Gasteiger partial charge in [0.15, 0.2) is 0 Å². The number of carbonyl (C=O) groups excluding carboxylic acids is 2. The van der Waals surface area contributed by atoms with Crippen molar-refractivity contribution in [2.24, 2.45) is 0 Å². The first-order valence-corrected chi connectivity index (χ1v) is 11.7. The SMILES string of the molecule is COc1ccc(NC(=O)C(=O)NCCCc2ccc(N3CCc4ccccc4C3)cc2)cc1Cl. The number of hydrogen-bond acceptors (Lipinski definition) is 4. The van der Waals surface area contributed by atoms with Crippen LogP contribution in [0.4, 0.5) is 11.4 Å². The second-order valence-electron chi connectivity index (χ2n) is 8.27. The number of anilines is 2. The summed E-state index contributed by atoms with van der Waals surface area (Å²) in [5.41, 5.74) is 5.70. The summed E-state index contributed by atoms with van der Waals surface area (Å²) in [6, 6.07) is 22.0. The maximum atomic E-state index is 12.1. The van der Waals surface area contributed by atoms with Crippen LogP contribution in [-0.2, 0) is 29.0 Å². The predicted molar refractivity (Wildman–Crippen MR) is 136 cm³/mol. The molecule has 2 amide bonds. The van der Waals surface area contributed by atoms with Gasteiger partial charge in [0, 0.05) is 31.0 Å². The number of rotatable bonds is 7. The zero-order chi connectivity index (χ0) is 23.9. The number of aryl methyl sites for hydroxylation is 1. The summed E-state index contributed by atoms with van der Waals surface area (Å²) in [7, 11) is 1.51. The molecule has 1 aliphatic rings. The minimum Gasteiger partial charge on any atom is -0.495 e. The van der Waals surface area contributed by atoms with Gasteiger partial charge < -0.3 is 20.3 Å². The highest BCUT2D eigenvalue weighted by molar-refractivity contribution is 6.40. The summed E-state index contributed by atoms with van der Waals surface area (Å²) in [6.07, 6.45) is 2.62. The highest BCUT2D eigenvalue weighted by atomic mass is 35.5. The number of nitrogens with zero attached hydrogens (tertiary/aromatic N) is 1. The molecule has 0 saturated carbocycles. The molecular weight excluding hydrogens is 450 g/mol. The molecule has 0 spiro atoms. The lowest BCUT2D eigenvalue weighted by molar-refractivity contribution is -0.136. The molecule has 0 aliphatic carbocycles. The Morgan fingerprint density at radius 1 is 1.00 bits per heavy atom. The Labute approximate surface area is 204 Å². The maximum absolute atomic E-state index is 12.1. The van der Waals surface area contributed by atoms with Crippen LogP contribution in [0.15, 0.2) is 66.7 Å². The van der Waals surface area contributed by atoms with Crippen molar-refractivity contribution < 1.29 is 14.3 Å². The Balaban J connectivity index is 1.20. The summed E-state index contributed by atoms with van der Waals surface area (Å²) in [5, 5.41) is 5.56. The average Bonchev–Trinajstić information content (AvgIpc) is 2.86. The van der Waals surface area contributed by atoms with Gasteiger partial charge in [-0.25, -0.2) is 0 Å². The van der Waals surface area contributed by atoms with Crippen LogP contribution < -0.4 is 20.3 Å². The molecule has 1 heterocycles. The molecule has 0 radical (unpaired) electrons. The normalized spacial score (nSPS) is 12.6. The Hall–Kier alpha value is -3.51. The number of ether oxygens (including phenoxy) is 1. The van der Waals surface area contributed by atoms with Crippen molar-refractivity contribution in [1.82, 2.24) is 5.32 Å². The Morgan fingerprint density at radius 3 is 2.50 bits per heavy atom. The number of nitrogens with one attached hydrogen (secondary N) is 2. The van der Waals surface area contributed by atoms with E-state index >= 15 is 0 Å². The molecule has 0 atom stereocenters. The van der Waals surface area contributed by atoms with Crippen LogP contribution in [-0.4, -0.2) is 32.0 Å². The van der Waals surface area contributed by atoms with E-state index in [1.165, 1.54) is 35.6 Å². The van der Waals surface area contributed by atoms with Gasteiger partial charge in [-0.15, -0.1) is 0 Å². The van der Waals surface area contributed by atoms with Crippen molar-refractivity contribution in [3.8, 4) is 5.75 Å². The van der Waals surface area contributed by atoms with Gasteiger partial charge in [-0.3, -0.25) is 9.59 Å². The first-order chi connectivity index (χ1) is 16.5. The van der Waals surface area contributed by atoms with Crippen LogP contribution >= 0.6 is 11.6 Å². The number of fused-ring (bicyclic) bond motifs is 1. The molecule has 176 valence electrons. The highest BCUT2D eigenvalue weighted by Gasteiger charge is 2.16. The fourth-order valence-corrected chi connectivity index (χ4v) is 4.35. The molecule has 4 rings (SSSR count). The van der Waals surface area contributed by atoms with E-state index in [0.717, 1.165) is 32.4 Å². The van der Waals surface area contributed by atoms with Crippen molar-refractivity contribution in [3.05, 3.63) is 88.4 Å². The second kappa shape index (κ2) is 11.1. The van der Waals surface area contributed by atoms with Gasteiger partial charge in [0.2, 0.25) is 0 Å². The van der Waals surface area contributed by atoms with Gasteiger partial charge in [0.1, 0.15) is 5.75 Å². The van der Waals surface area contributed by atoms with Crippen molar-refractivity contribution in [2.75, 3.05) is 30.4 Å². The number of halogens is 1. The molecule has 7 heteroatoms. The molecule has 0 unspecified atom stereocenters. The van der Waals surface area contributed by atoms with E-state index in [1.807, 2.05) is 0 Å². The van der Waals surface area contributed by atoms with Crippen LogP contribution in [0.5, 0.6) is 5.75 Å². The second-order valence-corrected chi connectivity index (χ2v) is 8.68. The summed E-state index contributed by atoms with van der Waals surface area (Å²) in [5.74, 6) is -0.903. The van der Waals surface area contributed by atoms with Gasteiger partial charge in [0.25, 0.3) is 0 Å². The van der Waals surface area contributed by atoms with E-state index in [0.29, 0.717) is 23.0 Å². The topological polar surface area (TPSA) is 70.7 Å². The van der Waals surface area contributed by atoms with Crippen LogP contribution in [0.25, 0.3) is 0 Å². The highest BCUT2D eigenvalue weighted by Crippen LogP contribution is 2.27. The summed E-state index contributed by atoms with van der Waals surface area (Å²) in [4.78, 5) is 26.6. The standard InChI is InChI=1S/C27H28ClN3O3/c1-34-25-13-10-22(17-24(25)28)30-27(33)26(32)29-15-4-5-19-8-11-23(12-9-19)31-16-14-20-6-2-3-7-21(20)18-31/h2-3,6-13,17H,4-5,14-16,18H2,1H3,(H,29,32)(H,30,33). The van der Waals surface area contributed by atoms with Crippen LogP contribution in [0.1, 0.15) is 23.1 Å². The Kier molecular flexibility index (Phi) is 7.70. The van der Waals surface area contributed by atoms with E-state index in [4.69, 9.17) is 16.3 Å². The predicted octanol–water partition coefficient (Wildman–Crippen LogP) is 4.60. The molecule has 0 aromatic heterocycles. The van der Waals surface area contributed by atoms with E-state index in [9.17, 15) is 9.59 Å². The molecule has 1 aliphatic heterocycles. The van der Waals surface area contributed by atoms with Crippen LogP contribution in [0, 0.1) is 0 Å². The number of hydrogen-bond donors (Lipinski definition) is 2. The van der Waals surface area contributed by atoms with E-state index in [1.54, 1.807) is 12.1 Å². The first kappa shape index (κ1) is 23.6. The third-order valence-electron chi connectivity index (χ3n) is 5.98. The van der Waals surface area contributed by atoms with Crippen molar-refractivity contribution >= 4 is 34.8 Å². The van der Waals surface area contributed by atoms with Gasteiger partial charge in [0.05, 0.1) is 12.1 Å². The Bertz CT molecular complexity index is 1160. The summed E-state index contributed by atoms with van der Waals surface area (Å²) >= 11 is 6.05. The Morgan fingerprint density at radius 2 is 1.76 bits per heavy atom. The van der Waals surface area contributed by atoms with Gasteiger partial charge in [-0.2, -0.15) is 0 Å². The molecule has 2 N–H and O–H groups in total.